The highest BCUT2D eigenvalue weighted by atomic mass is 15.2. The van der Waals surface area contributed by atoms with Crippen LogP contribution in [0.2, 0.25) is 0 Å². The largest absolute Gasteiger partial charge is 0.399 e. The SMILES string of the molecule is Cc1ccc(N)cc1CCN1CCNC2(CC2)C1. The summed E-state index contributed by atoms with van der Waals surface area (Å²) in [4.78, 5) is 2.60. The number of anilines is 1. The van der Waals surface area contributed by atoms with Gasteiger partial charge in [0, 0.05) is 37.4 Å². The van der Waals surface area contributed by atoms with Gasteiger partial charge in [-0.3, -0.25) is 4.90 Å². The number of rotatable bonds is 3. The number of hydrogen-bond donors (Lipinski definition) is 2. The van der Waals surface area contributed by atoms with Crippen LogP contribution in [-0.2, 0) is 6.42 Å². The van der Waals surface area contributed by atoms with Gasteiger partial charge in [0.05, 0.1) is 0 Å². The number of nitrogens with two attached hydrogens (primary N) is 1. The standard InChI is InChI=1S/C15H23N3/c1-12-2-3-14(16)10-13(12)4-8-18-9-7-17-15(11-18)5-6-15/h2-3,10,17H,4-9,11,16H2,1H3. The first-order valence-electron chi connectivity index (χ1n) is 6.99. The number of benzene rings is 1. The molecule has 3 heteroatoms. The molecule has 1 aromatic carbocycles. The Balaban J connectivity index is 1.58. The Kier molecular flexibility index (Phi) is 3.04. The maximum Gasteiger partial charge on any atom is 0.0316 e. The highest BCUT2D eigenvalue weighted by Crippen LogP contribution is 2.37. The van der Waals surface area contributed by atoms with Crippen molar-refractivity contribution in [2.45, 2.75) is 31.7 Å². The van der Waals surface area contributed by atoms with Crippen molar-refractivity contribution in [3.8, 4) is 0 Å². The van der Waals surface area contributed by atoms with Crippen LogP contribution in [0.15, 0.2) is 18.2 Å². The Bertz CT molecular complexity index is 437. The summed E-state index contributed by atoms with van der Waals surface area (Å²) in [6.07, 6.45) is 3.84. The van der Waals surface area contributed by atoms with Crippen LogP contribution in [0.1, 0.15) is 24.0 Å². The number of nitrogens with one attached hydrogen (secondary N) is 1. The van der Waals surface area contributed by atoms with Crippen LogP contribution in [0.25, 0.3) is 0 Å². The van der Waals surface area contributed by atoms with E-state index in [4.69, 9.17) is 5.73 Å². The second-order valence-corrected chi connectivity index (χ2v) is 5.92. The molecule has 0 amide bonds. The first kappa shape index (κ1) is 12.0. The molecule has 1 spiro atoms. The van der Waals surface area contributed by atoms with Gasteiger partial charge in [0.2, 0.25) is 0 Å². The maximum absolute atomic E-state index is 5.87. The zero-order chi connectivity index (χ0) is 12.6. The molecule has 2 aliphatic rings. The molecule has 0 bridgehead atoms. The predicted molar refractivity (Wildman–Crippen MR) is 75.7 cm³/mol. The Hall–Kier alpha value is -1.06. The van der Waals surface area contributed by atoms with Crippen molar-refractivity contribution in [1.82, 2.24) is 10.2 Å². The smallest absolute Gasteiger partial charge is 0.0316 e. The molecule has 18 heavy (non-hydrogen) atoms. The van der Waals surface area contributed by atoms with Gasteiger partial charge < -0.3 is 11.1 Å². The Labute approximate surface area is 109 Å². The van der Waals surface area contributed by atoms with Crippen LogP contribution in [0.4, 0.5) is 5.69 Å². The van der Waals surface area contributed by atoms with E-state index in [9.17, 15) is 0 Å². The summed E-state index contributed by atoms with van der Waals surface area (Å²) in [6.45, 7) is 6.90. The second kappa shape index (κ2) is 4.56. The molecular formula is C15H23N3. The number of piperazine rings is 1. The second-order valence-electron chi connectivity index (χ2n) is 5.92. The van der Waals surface area contributed by atoms with Crippen LogP contribution in [0.5, 0.6) is 0 Å². The molecule has 0 radical (unpaired) electrons. The highest BCUT2D eigenvalue weighted by molar-refractivity contribution is 5.44. The van der Waals surface area contributed by atoms with E-state index >= 15 is 0 Å². The van der Waals surface area contributed by atoms with Gasteiger partial charge >= 0.3 is 0 Å². The molecular weight excluding hydrogens is 222 g/mol. The van der Waals surface area contributed by atoms with Crippen molar-refractivity contribution in [2.24, 2.45) is 0 Å². The summed E-state index contributed by atoms with van der Waals surface area (Å²) in [7, 11) is 0. The summed E-state index contributed by atoms with van der Waals surface area (Å²) in [5.41, 5.74) is 10.0. The van der Waals surface area contributed by atoms with E-state index in [1.54, 1.807) is 0 Å². The van der Waals surface area contributed by atoms with Crippen LogP contribution < -0.4 is 11.1 Å². The topological polar surface area (TPSA) is 41.3 Å². The van der Waals surface area contributed by atoms with Crippen LogP contribution in [-0.4, -0.2) is 36.6 Å². The maximum atomic E-state index is 5.87. The van der Waals surface area contributed by atoms with Gasteiger partial charge in [-0.2, -0.15) is 0 Å². The number of hydrogen-bond acceptors (Lipinski definition) is 3. The lowest BCUT2D eigenvalue weighted by Gasteiger charge is -2.34. The van der Waals surface area contributed by atoms with Crippen molar-refractivity contribution >= 4 is 5.69 Å². The van der Waals surface area contributed by atoms with Gasteiger partial charge in [0.1, 0.15) is 0 Å². The predicted octanol–water partition coefficient (Wildman–Crippen LogP) is 1.56. The minimum atomic E-state index is 0.489. The first-order valence-corrected chi connectivity index (χ1v) is 6.99. The van der Waals surface area contributed by atoms with Gasteiger partial charge in [0.15, 0.2) is 0 Å². The van der Waals surface area contributed by atoms with Crippen molar-refractivity contribution in [1.29, 1.82) is 0 Å². The average molecular weight is 245 g/mol. The molecule has 1 heterocycles. The fraction of sp³-hybridized carbons (Fsp3) is 0.600. The molecule has 1 aliphatic carbocycles. The molecule has 0 unspecified atom stereocenters. The number of aryl methyl sites for hydroxylation is 1. The van der Waals surface area contributed by atoms with Gasteiger partial charge in [-0.15, -0.1) is 0 Å². The molecule has 0 aromatic heterocycles. The Morgan fingerprint density at radius 2 is 2.22 bits per heavy atom. The van der Waals surface area contributed by atoms with E-state index in [0.29, 0.717) is 5.54 Å². The summed E-state index contributed by atoms with van der Waals surface area (Å²) < 4.78 is 0. The molecule has 3 N–H and O–H groups in total. The van der Waals surface area contributed by atoms with Crippen LogP contribution in [0.3, 0.4) is 0 Å². The fourth-order valence-corrected chi connectivity index (χ4v) is 2.96. The average Bonchev–Trinajstić information content (AvgIpc) is 3.10. The molecule has 2 fully saturated rings. The molecule has 1 aromatic rings. The van der Waals surface area contributed by atoms with E-state index in [1.165, 1.54) is 37.1 Å². The van der Waals surface area contributed by atoms with E-state index in [1.807, 2.05) is 6.07 Å². The summed E-state index contributed by atoms with van der Waals surface area (Å²) in [5.74, 6) is 0. The molecule has 0 atom stereocenters. The third kappa shape index (κ3) is 2.52. The van der Waals surface area contributed by atoms with Gasteiger partial charge in [-0.05, 0) is 49.4 Å². The zero-order valence-corrected chi connectivity index (χ0v) is 11.2. The quantitative estimate of drug-likeness (QED) is 0.794. The normalized spacial score (nSPS) is 22.3. The van der Waals surface area contributed by atoms with Crippen LogP contribution in [0, 0.1) is 6.92 Å². The van der Waals surface area contributed by atoms with E-state index in [-0.39, 0.29) is 0 Å². The van der Waals surface area contributed by atoms with Crippen molar-refractivity contribution in [3.63, 3.8) is 0 Å². The van der Waals surface area contributed by atoms with Crippen molar-refractivity contribution in [3.05, 3.63) is 29.3 Å². The number of nitrogens with zero attached hydrogens (tertiary/aromatic N) is 1. The molecule has 1 aliphatic heterocycles. The van der Waals surface area contributed by atoms with Gasteiger partial charge in [-0.1, -0.05) is 6.07 Å². The lowest BCUT2D eigenvalue weighted by atomic mass is 10.0. The minimum absolute atomic E-state index is 0.489. The fourth-order valence-electron chi connectivity index (χ4n) is 2.96. The third-order valence-corrected chi connectivity index (χ3v) is 4.38. The van der Waals surface area contributed by atoms with Crippen LogP contribution >= 0.6 is 0 Å². The molecule has 3 rings (SSSR count). The molecule has 1 saturated heterocycles. The Morgan fingerprint density at radius 1 is 1.39 bits per heavy atom. The lowest BCUT2D eigenvalue weighted by molar-refractivity contribution is 0.191. The van der Waals surface area contributed by atoms with E-state index < -0.39 is 0 Å². The molecule has 1 saturated carbocycles. The minimum Gasteiger partial charge on any atom is -0.399 e. The van der Waals surface area contributed by atoms with Crippen molar-refractivity contribution in [2.75, 3.05) is 31.9 Å². The van der Waals surface area contributed by atoms with Crippen molar-refractivity contribution < 1.29 is 0 Å². The highest BCUT2D eigenvalue weighted by Gasteiger charge is 2.45. The summed E-state index contributed by atoms with van der Waals surface area (Å²) in [6, 6.07) is 6.25. The van der Waals surface area contributed by atoms with Gasteiger partial charge in [-0.25, -0.2) is 0 Å². The summed E-state index contributed by atoms with van der Waals surface area (Å²) >= 11 is 0. The zero-order valence-electron chi connectivity index (χ0n) is 11.2. The van der Waals surface area contributed by atoms with E-state index in [2.05, 4.69) is 29.3 Å². The Morgan fingerprint density at radius 3 is 3.00 bits per heavy atom. The van der Waals surface area contributed by atoms with Gasteiger partial charge in [0.25, 0.3) is 0 Å². The summed E-state index contributed by atoms with van der Waals surface area (Å²) in [5, 5.41) is 3.66. The molecule has 3 nitrogen and oxygen atoms in total. The van der Waals surface area contributed by atoms with E-state index in [0.717, 1.165) is 25.2 Å². The number of nitrogen functional groups attached to an aromatic ring is 1. The lowest BCUT2D eigenvalue weighted by Crippen LogP contribution is -2.52. The molecule has 98 valence electrons. The first-order chi connectivity index (χ1) is 8.67. The third-order valence-electron chi connectivity index (χ3n) is 4.38. The monoisotopic (exact) mass is 245 g/mol.